The number of nitrogens with two attached hydrogens (primary N) is 1. The third kappa shape index (κ3) is 65.2. The molecule has 81 heavy (non-hydrogen) atoms. The van der Waals surface area contributed by atoms with Gasteiger partial charge in [-0.1, -0.05) is 282 Å². The largest absolute Gasteiger partial charge is 0.472 e. The van der Waals surface area contributed by atoms with E-state index in [4.69, 9.17) is 24.3 Å². The number of unbranched alkanes of at least 4 members (excludes halogenated alkanes) is 25. The molecule has 2 unspecified atom stereocenters. The minimum atomic E-state index is -4.41. The molecule has 0 amide bonds. The van der Waals surface area contributed by atoms with E-state index in [1.165, 1.54) is 116 Å². The molecule has 462 valence electrons. The highest BCUT2D eigenvalue weighted by Crippen LogP contribution is 2.43. The molecule has 3 N–H and O–H groups in total. The molecule has 0 bridgehead atoms. The van der Waals surface area contributed by atoms with Crippen molar-refractivity contribution in [3.8, 4) is 0 Å². The van der Waals surface area contributed by atoms with Crippen molar-refractivity contribution in [1.82, 2.24) is 0 Å². The van der Waals surface area contributed by atoms with Crippen molar-refractivity contribution in [2.75, 3.05) is 26.4 Å². The van der Waals surface area contributed by atoms with Crippen LogP contribution in [0.4, 0.5) is 0 Å². The summed E-state index contributed by atoms with van der Waals surface area (Å²) in [5.41, 5.74) is 5.39. The average molecular weight is 1150 g/mol. The Bertz CT molecular complexity index is 1790. The summed E-state index contributed by atoms with van der Waals surface area (Å²) in [6, 6.07) is 0. The first-order chi connectivity index (χ1) is 39.8. The molecule has 0 aliphatic heterocycles. The van der Waals surface area contributed by atoms with Crippen molar-refractivity contribution < 1.29 is 37.6 Å². The standard InChI is InChI=1S/C71H120NO8P/c1-3-5-7-9-11-13-15-17-19-21-23-25-27-29-31-32-33-34-35-36-38-39-41-43-45-47-49-51-53-55-57-59-61-63-70(73)77-67-69(68-79-81(75,76)78-66-65-72)80-71(74)64-62-60-58-56-54-52-50-48-46-44-42-40-37-30-28-26-24-22-20-18-16-14-12-10-8-6-4-2/h5-8,11-14,17-20,23-26,30,37,42,44,48,50,69H,3-4,9-10,15-16,21-22,27-29,31-36,38-41,43,45-47,49,51-68,72H2,1-2H3,(H,75,76)/b7-5-,8-6-,13-11-,14-12-,19-17-,20-18-,25-23-,26-24-,37-30-,44-42-,50-48-. The fraction of sp³-hybridized carbons (Fsp3) is 0.662. The Hall–Kier alpha value is -3.85. The van der Waals surface area contributed by atoms with Crippen molar-refractivity contribution in [3.05, 3.63) is 134 Å². The minimum Gasteiger partial charge on any atom is -0.462 e. The maximum atomic E-state index is 12.7. The summed E-state index contributed by atoms with van der Waals surface area (Å²) in [4.78, 5) is 35.3. The first kappa shape index (κ1) is 77.2. The fourth-order valence-electron chi connectivity index (χ4n) is 8.79. The van der Waals surface area contributed by atoms with Gasteiger partial charge in [-0.15, -0.1) is 0 Å². The SMILES string of the molecule is CC/C=C\C/C=C\C/C=C\C/C=C\C/C=C\C/C=C\C/C=C\CCCCCCCC(=O)OC(COC(=O)CCCCCCCCCCCCCCCCCCCCCC/C=C\C/C=C\C/C=C\C/C=C\CC)COP(=O)(O)OCCN. The number of hydrogen-bond acceptors (Lipinski definition) is 8. The molecule has 2 atom stereocenters. The van der Waals surface area contributed by atoms with E-state index in [-0.39, 0.29) is 38.6 Å². The third-order valence-electron chi connectivity index (χ3n) is 13.5. The van der Waals surface area contributed by atoms with Crippen LogP contribution in [-0.4, -0.2) is 49.3 Å². The van der Waals surface area contributed by atoms with Crippen LogP contribution in [-0.2, 0) is 32.7 Å². The lowest BCUT2D eigenvalue weighted by Crippen LogP contribution is -2.29. The molecular formula is C71H120NO8P. The number of ether oxygens (including phenoxy) is 2. The molecular weight excluding hydrogens is 1030 g/mol. The number of carbonyl (C=O) groups is 2. The van der Waals surface area contributed by atoms with Gasteiger partial charge in [-0.05, 0) is 109 Å². The molecule has 0 saturated heterocycles. The Balaban J connectivity index is 3.95. The van der Waals surface area contributed by atoms with Crippen LogP contribution in [0, 0.1) is 0 Å². The first-order valence-electron chi connectivity index (χ1n) is 32.7. The van der Waals surface area contributed by atoms with Gasteiger partial charge in [0.2, 0.25) is 0 Å². The van der Waals surface area contributed by atoms with Crippen LogP contribution >= 0.6 is 7.82 Å². The van der Waals surface area contributed by atoms with Gasteiger partial charge in [0.1, 0.15) is 6.61 Å². The molecule has 0 aliphatic carbocycles. The van der Waals surface area contributed by atoms with Crippen LogP contribution in [0.5, 0.6) is 0 Å². The van der Waals surface area contributed by atoms with Crippen LogP contribution in [0.25, 0.3) is 0 Å². The van der Waals surface area contributed by atoms with Gasteiger partial charge in [0.05, 0.1) is 13.2 Å². The highest BCUT2D eigenvalue weighted by atomic mass is 31.2. The lowest BCUT2D eigenvalue weighted by molar-refractivity contribution is -0.161. The average Bonchev–Trinajstić information content (AvgIpc) is 3.46. The van der Waals surface area contributed by atoms with Crippen LogP contribution in [0.1, 0.15) is 271 Å². The van der Waals surface area contributed by atoms with Gasteiger partial charge in [-0.2, -0.15) is 0 Å². The Morgan fingerprint density at radius 1 is 0.370 bits per heavy atom. The normalized spacial score (nSPS) is 13.9. The van der Waals surface area contributed by atoms with Crippen molar-refractivity contribution >= 4 is 19.8 Å². The molecule has 0 aromatic carbocycles. The fourth-order valence-corrected chi connectivity index (χ4v) is 9.55. The maximum absolute atomic E-state index is 12.7. The molecule has 0 spiro atoms. The van der Waals surface area contributed by atoms with Gasteiger partial charge < -0.3 is 20.1 Å². The molecule has 0 saturated carbocycles. The summed E-state index contributed by atoms with van der Waals surface area (Å²) in [6.45, 7) is 3.50. The van der Waals surface area contributed by atoms with Gasteiger partial charge in [0.15, 0.2) is 6.10 Å². The molecule has 0 radical (unpaired) electrons. The van der Waals surface area contributed by atoms with E-state index in [9.17, 15) is 19.0 Å². The highest BCUT2D eigenvalue weighted by molar-refractivity contribution is 7.47. The molecule has 0 fully saturated rings. The summed E-state index contributed by atoms with van der Waals surface area (Å²) in [6.07, 6.45) is 92.4. The predicted molar refractivity (Wildman–Crippen MR) is 348 cm³/mol. The summed E-state index contributed by atoms with van der Waals surface area (Å²) < 4.78 is 33.1. The van der Waals surface area contributed by atoms with E-state index >= 15 is 0 Å². The Kier molecular flexibility index (Phi) is 62.2. The molecule has 0 aliphatic rings. The van der Waals surface area contributed by atoms with Gasteiger partial charge in [-0.3, -0.25) is 18.6 Å². The number of carbonyl (C=O) groups excluding carboxylic acids is 2. The van der Waals surface area contributed by atoms with Crippen molar-refractivity contribution in [1.29, 1.82) is 0 Å². The van der Waals surface area contributed by atoms with E-state index in [1.54, 1.807) is 0 Å². The van der Waals surface area contributed by atoms with E-state index in [0.29, 0.717) is 6.42 Å². The van der Waals surface area contributed by atoms with Crippen LogP contribution in [0.3, 0.4) is 0 Å². The van der Waals surface area contributed by atoms with Crippen molar-refractivity contribution in [3.63, 3.8) is 0 Å². The van der Waals surface area contributed by atoms with E-state index in [2.05, 4.69) is 148 Å². The Morgan fingerprint density at radius 2 is 0.642 bits per heavy atom. The van der Waals surface area contributed by atoms with Gasteiger partial charge in [0, 0.05) is 19.4 Å². The Morgan fingerprint density at radius 3 is 0.951 bits per heavy atom. The molecule has 0 aromatic heterocycles. The molecule has 0 aromatic rings. The second-order valence-electron chi connectivity index (χ2n) is 21.2. The summed E-state index contributed by atoms with van der Waals surface area (Å²) in [5.74, 6) is -0.850. The van der Waals surface area contributed by atoms with Crippen LogP contribution < -0.4 is 5.73 Å². The number of hydrogen-bond donors (Lipinski definition) is 2. The van der Waals surface area contributed by atoms with Gasteiger partial charge in [0.25, 0.3) is 0 Å². The molecule has 9 nitrogen and oxygen atoms in total. The van der Waals surface area contributed by atoms with Crippen LogP contribution in [0.15, 0.2) is 134 Å². The number of phosphoric ester groups is 1. The second-order valence-corrected chi connectivity index (χ2v) is 22.7. The van der Waals surface area contributed by atoms with E-state index < -0.39 is 26.5 Å². The summed E-state index contributed by atoms with van der Waals surface area (Å²) in [5, 5.41) is 0. The van der Waals surface area contributed by atoms with Crippen LogP contribution in [0.2, 0.25) is 0 Å². The zero-order valence-corrected chi connectivity index (χ0v) is 52.6. The smallest absolute Gasteiger partial charge is 0.462 e. The first-order valence-corrected chi connectivity index (χ1v) is 34.2. The zero-order valence-electron chi connectivity index (χ0n) is 51.7. The number of esters is 2. The van der Waals surface area contributed by atoms with E-state index in [0.717, 1.165) is 122 Å². The van der Waals surface area contributed by atoms with Crippen molar-refractivity contribution in [2.45, 2.75) is 277 Å². The quantitative estimate of drug-likeness (QED) is 0.0264. The topological polar surface area (TPSA) is 134 Å². The minimum absolute atomic E-state index is 0.0442. The third-order valence-corrected chi connectivity index (χ3v) is 14.5. The highest BCUT2D eigenvalue weighted by Gasteiger charge is 2.26. The van der Waals surface area contributed by atoms with Crippen molar-refractivity contribution in [2.24, 2.45) is 5.73 Å². The Labute approximate surface area is 497 Å². The molecule has 10 heteroatoms. The summed E-state index contributed by atoms with van der Waals surface area (Å²) >= 11 is 0. The lowest BCUT2D eigenvalue weighted by Gasteiger charge is -2.19. The molecule has 0 rings (SSSR count). The van der Waals surface area contributed by atoms with E-state index in [1.807, 2.05) is 0 Å². The zero-order chi connectivity index (χ0) is 58.7. The molecule has 0 heterocycles. The monoisotopic (exact) mass is 1150 g/mol. The van der Waals surface area contributed by atoms with Gasteiger partial charge in [-0.25, -0.2) is 4.57 Å². The van der Waals surface area contributed by atoms with Gasteiger partial charge >= 0.3 is 19.8 Å². The number of allylic oxidation sites excluding steroid dienone is 22. The predicted octanol–water partition coefficient (Wildman–Crippen LogP) is 21.3. The second kappa shape index (κ2) is 65.3. The number of phosphoric acid groups is 1. The lowest BCUT2D eigenvalue weighted by atomic mass is 10.0. The maximum Gasteiger partial charge on any atom is 0.472 e. The number of rotatable bonds is 60. The summed E-state index contributed by atoms with van der Waals surface area (Å²) in [7, 11) is -4.41.